The molecule has 0 N–H and O–H groups in total. The first-order valence-electron chi connectivity index (χ1n) is 6.32. The van der Waals surface area contributed by atoms with Gasteiger partial charge in [0.05, 0.1) is 0 Å². The van der Waals surface area contributed by atoms with Crippen molar-refractivity contribution in [2.24, 2.45) is 5.41 Å². The fraction of sp³-hybridized carbons (Fsp3) is 0.375. The van der Waals surface area contributed by atoms with E-state index < -0.39 is 8.07 Å². The molecule has 0 aromatic heterocycles. The molecule has 2 rings (SSSR count). The molecule has 0 bridgehead atoms. The summed E-state index contributed by atoms with van der Waals surface area (Å²) < 4.78 is 0. The third-order valence-corrected chi connectivity index (χ3v) is 6.94. The van der Waals surface area contributed by atoms with Crippen LogP contribution in [-0.4, -0.2) is 8.07 Å². The normalized spacial score (nSPS) is 20.4. The highest BCUT2D eigenvalue weighted by atomic mass is 28.3. The Balaban J connectivity index is 2.55. The highest BCUT2D eigenvalue weighted by molar-refractivity contribution is 6.97. The van der Waals surface area contributed by atoms with Gasteiger partial charge in [-0.25, -0.2) is 0 Å². The van der Waals surface area contributed by atoms with E-state index in [4.69, 9.17) is 0 Å². The van der Waals surface area contributed by atoms with Gasteiger partial charge in [0, 0.05) is 0 Å². The first kappa shape index (κ1) is 12.4. The molecular formula is C16H22Si. The van der Waals surface area contributed by atoms with Gasteiger partial charge in [-0.3, -0.25) is 0 Å². The summed E-state index contributed by atoms with van der Waals surface area (Å²) in [5.74, 6) is 0. The van der Waals surface area contributed by atoms with Crippen molar-refractivity contribution in [3.63, 3.8) is 0 Å². The second-order valence-corrected chi connectivity index (χ2v) is 10.9. The number of rotatable bonds is 0. The summed E-state index contributed by atoms with van der Waals surface area (Å²) in [7, 11) is -1.48. The zero-order chi connectivity index (χ0) is 12.7. The fourth-order valence-corrected chi connectivity index (χ4v) is 5.46. The molecule has 1 aromatic rings. The van der Waals surface area contributed by atoms with Crippen molar-refractivity contribution in [2.45, 2.75) is 33.9 Å². The van der Waals surface area contributed by atoms with Crippen molar-refractivity contribution in [2.75, 3.05) is 0 Å². The number of benzene rings is 1. The minimum Gasteiger partial charge on any atom is -0.0795 e. The molecule has 0 nitrogen and oxygen atoms in total. The third-order valence-electron chi connectivity index (χ3n) is 3.39. The van der Waals surface area contributed by atoms with E-state index in [1.807, 2.05) is 0 Å². The van der Waals surface area contributed by atoms with E-state index in [0.29, 0.717) is 0 Å². The Kier molecular flexibility index (Phi) is 2.90. The van der Waals surface area contributed by atoms with Crippen LogP contribution in [0.4, 0.5) is 0 Å². The van der Waals surface area contributed by atoms with Gasteiger partial charge in [-0.05, 0) is 16.2 Å². The highest BCUT2D eigenvalue weighted by Crippen LogP contribution is 2.28. The first-order chi connectivity index (χ1) is 7.81. The molecule has 1 heteroatoms. The van der Waals surface area contributed by atoms with Crippen LogP contribution in [0.25, 0.3) is 6.08 Å². The molecule has 0 spiro atoms. The second-order valence-electron chi connectivity index (χ2n) is 6.51. The van der Waals surface area contributed by atoms with Crippen LogP contribution < -0.4 is 5.19 Å². The van der Waals surface area contributed by atoms with Crippen LogP contribution in [0.5, 0.6) is 0 Å². The largest absolute Gasteiger partial charge is 0.112 e. The molecule has 90 valence electrons. The van der Waals surface area contributed by atoms with Crippen LogP contribution in [0.15, 0.2) is 41.6 Å². The molecule has 0 amide bonds. The standard InChI is InChI=1S/C16H22Si/c1-16(2,3)12-14-11-10-13-8-6-7-9-15(13)17(14,4)5/h6-12H,1-5H3/b14-12+. The van der Waals surface area contributed by atoms with E-state index in [-0.39, 0.29) is 5.41 Å². The molecule has 0 aliphatic carbocycles. The van der Waals surface area contributed by atoms with Crippen molar-refractivity contribution in [3.05, 3.63) is 47.2 Å². The minimum absolute atomic E-state index is 0.260. The van der Waals surface area contributed by atoms with E-state index >= 15 is 0 Å². The summed E-state index contributed by atoms with van der Waals surface area (Å²) in [6.45, 7) is 11.7. The van der Waals surface area contributed by atoms with Crippen LogP contribution in [0.3, 0.4) is 0 Å². The van der Waals surface area contributed by atoms with Gasteiger partial charge in [0.25, 0.3) is 0 Å². The van der Waals surface area contributed by atoms with Crippen molar-refractivity contribution >= 4 is 19.3 Å². The quantitative estimate of drug-likeness (QED) is 0.600. The van der Waals surface area contributed by atoms with Crippen LogP contribution in [0, 0.1) is 5.41 Å². The zero-order valence-electron chi connectivity index (χ0n) is 11.5. The third kappa shape index (κ3) is 2.44. The van der Waals surface area contributed by atoms with E-state index in [1.54, 1.807) is 10.4 Å². The summed E-state index contributed by atoms with van der Waals surface area (Å²) >= 11 is 0. The summed E-state index contributed by atoms with van der Waals surface area (Å²) in [5, 5.41) is 3.13. The topological polar surface area (TPSA) is 0 Å². The van der Waals surface area contributed by atoms with Crippen molar-refractivity contribution in [1.82, 2.24) is 0 Å². The van der Waals surface area contributed by atoms with Crippen LogP contribution >= 0.6 is 0 Å². The van der Waals surface area contributed by atoms with Crippen molar-refractivity contribution < 1.29 is 0 Å². The molecule has 0 radical (unpaired) electrons. The van der Waals surface area contributed by atoms with Crippen molar-refractivity contribution in [1.29, 1.82) is 0 Å². The van der Waals surface area contributed by atoms with Crippen LogP contribution in [0.2, 0.25) is 13.1 Å². The highest BCUT2D eigenvalue weighted by Gasteiger charge is 2.31. The van der Waals surface area contributed by atoms with Crippen LogP contribution in [-0.2, 0) is 0 Å². The summed E-state index contributed by atoms with van der Waals surface area (Å²) in [6, 6.07) is 8.84. The summed E-state index contributed by atoms with van der Waals surface area (Å²) in [4.78, 5) is 0. The maximum atomic E-state index is 2.45. The molecule has 0 atom stereocenters. The monoisotopic (exact) mass is 242 g/mol. The smallest absolute Gasteiger partial charge is 0.0795 e. The molecule has 1 aliphatic heterocycles. The Morgan fingerprint density at radius 2 is 1.65 bits per heavy atom. The molecule has 17 heavy (non-hydrogen) atoms. The molecule has 1 aliphatic rings. The lowest BCUT2D eigenvalue weighted by Crippen LogP contribution is -2.46. The Morgan fingerprint density at radius 1 is 1.00 bits per heavy atom. The van der Waals surface area contributed by atoms with E-state index in [2.05, 4.69) is 76.4 Å². The van der Waals surface area contributed by atoms with E-state index in [0.717, 1.165) is 0 Å². The minimum atomic E-state index is -1.48. The lowest BCUT2D eigenvalue weighted by molar-refractivity contribution is 0.543. The number of hydrogen-bond donors (Lipinski definition) is 0. The van der Waals surface area contributed by atoms with Gasteiger partial charge in [0.2, 0.25) is 0 Å². The van der Waals surface area contributed by atoms with Gasteiger partial charge < -0.3 is 0 Å². The van der Waals surface area contributed by atoms with Gasteiger partial charge in [-0.1, -0.05) is 81.6 Å². The Hall–Kier alpha value is -1.08. The Labute approximate surface area is 106 Å². The summed E-state index contributed by atoms with van der Waals surface area (Å²) in [5.41, 5.74) is 1.67. The lowest BCUT2D eigenvalue weighted by Gasteiger charge is -2.32. The van der Waals surface area contributed by atoms with Crippen LogP contribution in [0.1, 0.15) is 26.3 Å². The molecule has 0 saturated heterocycles. The van der Waals surface area contributed by atoms with Gasteiger partial charge >= 0.3 is 0 Å². The van der Waals surface area contributed by atoms with E-state index in [1.165, 1.54) is 5.56 Å². The Bertz CT molecular complexity index is 484. The molecule has 1 aromatic carbocycles. The van der Waals surface area contributed by atoms with Crippen molar-refractivity contribution in [3.8, 4) is 0 Å². The molecular weight excluding hydrogens is 220 g/mol. The molecule has 0 fully saturated rings. The van der Waals surface area contributed by atoms with Gasteiger partial charge in [0.1, 0.15) is 8.07 Å². The average Bonchev–Trinajstić information content (AvgIpc) is 2.21. The fourth-order valence-electron chi connectivity index (χ4n) is 2.45. The maximum Gasteiger partial charge on any atom is 0.112 e. The number of fused-ring (bicyclic) bond motifs is 1. The Morgan fingerprint density at radius 3 is 2.29 bits per heavy atom. The predicted octanol–water partition coefficient (Wildman–Crippen LogP) is 4.14. The van der Waals surface area contributed by atoms with Gasteiger partial charge in [-0.15, -0.1) is 0 Å². The lowest BCUT2D eigenvalue weighted by atomic mass is 9.96. The maximum absolute atomic E-state index is 2.45. The molecule has 0 saturated carbocycles. The second kappa shape index (κ2) is 3.99. The number of allylic oxidation sites excluding steroid dienone is 3. The average molecular weight is 242 g/mol. The SMILES string of the molecule is CC(C)(C)/C=C1\C=Cc2ccccc2[Si]1(C)C. The summed E-state index contributed by atoms with van der Waals surface area (Å²) in [6.07, 6.45) is 7.05. The molecule has 0 unspecified atom stereocenters. The zero-order valence-corrected chi connectivity index (χ0v) is 12.5. The van der Waals surface area contributed by atoms with Gasteiger partial charge in [-0.2, -0.15) is 0 Å². The first-order valence-corrected chi connectivity index (χ1v) is 9.32. The number of hydrogen-bond acceptors (Lipinski definition) is 0. The van der Waals surface area contributed by atoms with E-state index in [9.17, 15) is 0 Å². The molecule has 1 heterocycles. The predicted molar refractivity (Wildman–Crippen MR) is 80.1 cm³/mol. The van der Waals surface area contributed by atoms with Gasteiger partial charge in [0.15, 0.2) is 0 Å².